The number of carbonyl (C=O) groups excluding carboxylic acids is 2. The Balaban J connectivity index is 1.46. The second kappa shape index (κ2) is 9.07. The predicted molar refractivity (Wildman–Crippen MR) is 130 cm³/mol. The monoisotopic (exact) mass is 466 g/mol. The number of hydrogen-bond donors (Lipinski definition) is 0. The summed E-state index contributed by atoms with van der Waals surface area (Å²) in [5, 5.41) is 0.0830. The fraction of sp³-hybridized carbons (Fsp3) is 0.481. The minimum absolute atomic E-state index is 0.0388. The van der Waals surface area contributed by atoms with Crippen LogP contribution in [-0.2, 0) is 18.7 Å². The van der Waals surface area contributed by atoms with E-state index in [4.69, 9.17) is 13.9 Å². The highest BCUT2D eigenvalue weighted by Crippen LogP contribution is 2.45. The second-order valence-electron chi connectivity index (χ2n) is 10.8. The van der Waals surface area contributed by atoms with E-state index in [-0.39, 0.29) is 41.0 Å². The third-order valence-corrected chi connectivity index (χ3v) is 12.1. The number of rotatable bonds is 6. The van der Waals surface area contributed by atoms with Gasteiger partial charge in [-0.3, -0.25) is 4.79 Å². The van der Waals surface area contributed by atoms with Crippen molar-refractivity contribution in [2.75, 3.05) is 6.61 Å². The molecule has 0 N–H and O–H groups in total. The van der Waals surface area contributed by atoms with Crippen molar-refractivity contribution in [2.45, 2.75) is 64.0 Å². The molecule has 1 saturated carbocycles. The first-order chi connectivity index (χ1) is 15.5. The molecule has 2 aromatic carbocycles. The molecule has 0 unspecified atom stereocenters. The van der Waals surface area contributed by atoms with Crippen LogP contribution in [0.3, 0.4) is 0 Å². The molecule has 2 aromatic rings. The summed E-state index contributed by atoms with van der Waals surface area (Å²) in [5.74, 6) is -0.504. The Hall–Kier alpha value is -2.44. The summed E-state index contributed by atoms with van der Waals surface area (Å²) < 4.78 is 18.0. The zero-order valence-electron chi connectivity index (χ0n) is 20.2. The topological polar surface area (TPSA) is 61.8 Å². The lowest BCUT2D eigenvalue weighted by Gasteiger charge is -2.38. The van der Waals surface area contributed by atoms with Crippen LogP contribution in [0.5, 0.6) is 0 Å². The maximum absolute atomic E-state index is 13.0. The minimum Gasteiger partial charge on any atom is -0.462 e. The quantitative estimate of drug-likeness (QED) is 0.395. The lowest BCUT2D eigenvalue weighted by atomic mass is 9.93. The van der Waals surface area contributed by atoms with Crippen LogP contribution in [0, 0.1) is 11.8 Å². The Kier molecular flexibility index (Phi) is 6.51. The summed E-state index contributed by atoms with van der Waals surface area (Å²) in [5.41, 5.74) is 2.67. The van der Waals surface area contributed by atoms with E-state index >= 15 is 0 Å². The Labute approximate surface area is 197 Å². The number of benzene rings is 2. The van der Waals surface area contributed by atoms with E-state index in [1.165, 1.54) is 0 Å². The standard InChI is InChI=1S/C27H34O5Si/c1-27(2,3)33(4,5)30-17-22-21-15-25(28)31-23(21)16-24(22)32-26(29)20-13-11-19(12-14-20)18-9-7-6-8-10-18/h6-14,21-24H,15-17H2,1-5H3/t21-,22+,23+,24-/m1/s1. The van der Waals surface area contributed by atoms with Crippen molar-refractivity contribution < 1.29 is 23.5 Å². The molecule has 2 fully saturated rings. The molecular weight excluding hydrogens is 432 g/mol. The van der Waals surface area contributed by atoms with Gasteiger partial charge in [0.25, 0.3) is 0 Å². The van der Waals surface area contributed by atoms with Gasteiger partial charge in [0.2, 0.25) is 0 Å². The first-order valence-electron chi connectivity index (χ1n) is 11.7. The molecule has 4 rings (SSSR count). The third kappa shape index (κ3) is 5.07. The van der Waals surface area contributed by atoms with E-state index in [0.717, 1.165) is 11.1 Å². The summed E-state index contributed by atoms with van der Waals surface area (Å²) in [4.78, 5) is 24.9. The molecule has 0 aromatic heterocycles. The Morgan fingerprint density at radius 1 is 1.03 bits per heavy atom. The fourth-order valence-electron chi connectivity index (χ4n) is 4.48. The highest BCUT2D eigenvalue weighted by atomic mass is 28.4. The molecule has 1 saturated heterocycles. The SMILES string of the molecule is CC(C)(C)[Si](C)(C)OC[C@H]1[C@H]2CC(=O)O[C@H]2C[C@H]1OC(=O)c1ccc(-c2ccccc2)cc1. The van der Waals surface area contributed by atoms with Crippen LogP contribution in [-0.4, -0.2) is 39.1 Å². The maximum atomic E-state index is 13.0. The van der Waals surface area contributed by atoms with Gasteiger partial charge in [-0.15, -0.1) is 0 Å². The summed E-state index contributed by atoms with van der Waals surface area (Å²) in [7, 11) is -1.97. The average molecular weight is 467 g/mol. The number of carbonyl (C=O) groups is 2. The van der Waals surface area contributed by atoms with Gasteiger partial charge in [-0.25, -0.2) is 4.79 Å². The van der Waals surface area contributed by atoms with E-state index in [2.05, 4.69) is 33.9 Å². The molecule has 5 nitrogen and oxygen atoms in total. The third-order valence-electron chi connectivity index (χ3n) is 7.58. The summed E-state index contributed by atoms with van der Waals surface area (Å²) in [6, 6.07) is 17.5. The molecule has 0 spiro atoms. The van der Waals surface area contributed by atoms with Gasteiger partial charge < -0.3 is 13.9 Å². The van der Waals surface area contributed by atoms with Crippen LogP contribution in [0.4, 0.5) is 0 Å². The van der Waals surface area contributed by atoms with E-state index in [1.54, 1.807) is 0 Å². The molecule has 0 amide bonds. The molecule has 2 aliphatic rings. The van der Waals surface area contributed by atoms with Crippen LogP contribution < -0.4 is 0 Å². The van der Waals surface area contributed by atoms with E-state index < -0.39 is 8.32 Å². The molecule has 176 valence electrons. The van der Waals surface area contributed by atoms with Gasteiger partial charge in [-0.1, -0.05) is 63.2 Å². The van der Waals surface area contributed by atoms with Crippen molar-refractivity contribution in [1.29, 1.82) is 0 Å². The van der Waals surface area contributed by atoms with Gasteiger partial charge in [-0.05, 0) is 41.4 Å². The number of ether oxygens (including phenoxy) is 2. The predicted octanol–water partition coefficient (Wildman–Crippen LogP) is 5.85. The zero-order chi connectivity index (χ0) is 23.8. The fourth-order valence-corrected chi connectivity index (χ4v) is 5.52. The summed E-state index contributed by atoms with van der Waals surface area (Å²) in [6.45, 7) is 11.5. The van der Waals surface area contributed by atoms with Crippen molar-refractivity contribution in [3.8, 4) is 11.1 Å². The van der Waals surface area contributed by atoms with Gasteiger partial charge in [0.05, 0.1) is 12.0 Å². The van der Waals surface area contributed by atoms with Crippen molar-refractivity contribution >= 4 is 20.3 Å². The van der Waals surface area contributed by atoms with Crippen LogP contribution >= 0.6 is 0 Å². The molecule has 0 bridgehead atoms. The van der Waals surface area contributed by atoms with Gasteiger partial charge in [-0.2, -0.15) is 0 Å². The molecule has 1 heterocycles. The highest BCUT2D eigenvalue weighted by Gasteiger charge is 2.52. The van der Waals surface area contributed by atoms with Crippen molar-refractivity contribution in [2.24, 2.45) is 11.8 Å². The summed E-state index contributed by atoms with van der Waals surface area (Å²) in [6.07, 6.45) is 0.397. The summed E-state index contributed by atoms with van der Waals surface area (Å²) >= 11 is 0. The molecule has 6 heteroatoms. The molecule has 1 aliphatic carbocycles. The lowest BCUT2D eigenvalue weighted by molar-refractivity contribution is -0.141. The van der Waals surface area contributed by atoms with Gasteiger partial charge >= 0.3 is 11.9 Å². The minimum atomic E-state index is -1.97. The van der Waals surface area contributed by atoms with Crippen LogP contribution in [0.15, 0.2) is 54.6 Å². The van der Waals surface area contributed by atoms with Crippen molar-refractivity contribution in [3.63, 3.8) is 0 Å². The molecule has 0 radical (unpaired) electrons. The van der Waals surface area contributed by atoms with Gasteiger partial charge in [0.1, 0.15) is 12.2 Å². The van der Waals surface area contributed by atoms with Crippen LogP contribution in [0.1, 0.15) is 44.0 Å². The lowest BCUT2D eigenvalue weighted by Crippen LogP contribution is -2.43. The molecule has 1 aliphatic heterocycles. The van der Waals surface area contributed by atoms with Gasteiger partial charge in [0, 0.05) is 24.9 Å². The maximum Gasteiger partial charge on any atom is 0.338 e. The van der Waals surface area contributed by atoms with E-state index in [9.17, 15) is 9.59 Å². The normalized spacial score (nSPS) is 24.9. The van der Waals surface area contributed by atoms with E-state index in [0.29, 0.717) is 25.0 Å². The number of fused-ring (bicyclic) bond motifs is 1. The Morgan fingerprint density at radius 3 is 2.30 bits per heavy atom. The molecule has 33 heavy (non-hydrogen) atoms. The zero-order valence-corrected chi connectivity index (χ0v) is 21.2. The van der Waals surface area contributed by atoms with Gasteiger partial charge in [0.15, 0.2) is 8.32 Å². The van der Waals surface area contributed by atoms with Crippen molar-refractivity contribution in [1.82, 2.24) is 0 Å². The largest absolute Gasteiger partial charge is 0.462 e. The molecule has 4 atom stereocenters. The smallest absolute Gasteiger partial charge is 0.338 e. The highest BCUT2D eigenvalue weighted by molar-refractivity contribution is 6.74. The Morgan fingerprint density at radius 2 is 1.67 bits per heavy atom. The Bertz CT molecular complexity index is 993. The van der Waals surface area contributed by atoms with Crippen LogP contribution in [0.25, 0.3) is 11.1 Å². The van der Waals surface area contributed by atoms with E-state index in [1.807, 2.05) is 54.6 Å². The van der Waals surface area contributed by atoms with Crippen molar-refractivity contribution in [3.05, 3.63) is 60.2 Å². The first kappa shape index (κ1) is 23.7. The number of hydrogen-bond acceptors (Lipinski definition) is 5. The van der Waals surface area contributed by atoms with Crippen LogP contribution in [0.2, 0.25) is 18.1 Å². The average Bonchev–Trinajstić information content (AvgIpc) is 3.27. The second-order valence-corrected chi connectivity index (χ2v) is 15.6. The molecular formula is C27H34O5Si. The number of esters is 2. The first-order valence-corrected chi connectivity index (χ1v) is 14.7.